The van der Waals surface area contributed by atoms with E-state index < -0.39 is 10.5 Å². The molecule has 0 fully saturated rings. The van der Waals surface area contributed by atoms with Crippen molar-refractivity contribution in [3.63, 3.8) is 0 Å². The normalized spacial score (nSPS) is 15.0. The van der Waals surface area contributed by atoms with Gasteiger partial charge in [0.15, 0.2) is 0 Å². The van der Waals surface area contributed by atoms with Crippen LogP contribution in [0.1, 0.15) is 77.6 Å². The summed E-state index contributed by atoms with van der Waals surface area (Å²) in [6, 6.07) is 0. The summed E-state index contributed by atoms with van der Waals surface area (Å²) in [6.07, 6.45) is 17.5. The number of hydrogen-bond donors (Lipinski definition) is 0. The van der Waals surface area contributed by atoms with Crippen molar-refractivity contribution in [1.29, 1.82) is 0 Å². The monoisotopic (exact) mass is 373 g/mol. The number of carbonyl (C=O) groups excluding carboxylic acids is 3. The Morgan fingerprint density at radius 1 is 0.833 bits per heavy atom. The second kappa shape index (κ2) is 10.6. The van der Waals surface area contributed by atoms with Crippen molar-refractivity contribution in [3.8, 4) is 0 Å². The van der Waals surface area contributed by atoms with Gasteiger partial charge in [0.25, 0.3) is 0 Å². The van der Waals surface area contributed by atoms with Crippen molar-refractivity contribution in [2.24, 2.45) is 0 Å². The summed E-state index contributed by atoms with van der Waals surface area (Å²) in [5, 5.41) is 0.280. The summed E-state index contributed by atoms with van der Waals surface area (Å²) in [5.41, 5.74) is 0. The van der Waals surface area contributed by atoms with Crippen LogP contribution >= 0.6 is 0 Å². The molecule has 0 radical (unpaired) electrons. The Morgan fingerprint density at radius 2 is 1.33 bits per heavy atom. The van der Waals surface area contributed by atoms with Gasteiger partial charge in [0.05, 0.1) is 0 Å². The number of hydrogen-bond acceptors (Lipinski definition) is 3. The van der Waals surface area contributed by atoms with Gasteiger partial charge < -0.3 is 0 Å². The van der Waals surface area contributed by atoms with E-state index in [2.05, 4.69) is 6.92 Å². The SMILES string of the molecule is CCCCCCCCCCC[CH2][Mn](=[C]=O)(=[C]=O)(=[C]=O)[C]1=CC=CC1. The fraction of sp³-hybridized carbons (Fsp3) is 0.650. The van der Waals surface area contributed by atoms with Crippen LogP contribution < -0.4 is 0 Å². The van der Waals surface area contributed by atoms with Gasteiger partial charge in [-0.05, 0) is 0 Å². The Hall–Kier alpha value is -1.26. The summed E-state index contributed by atoms with van der Waals surface area (Å²) in [6.45, 7) is 2.22. The van der Waals surface area contributed by atoms with Crippen LogP contribution in [0.3, 0.4) is 0 Å². The molecule has 1 aliphatic carbocycles. The van der Waals surface area contributed by atoms with Gasteiger partial charge in [0, 0.05) is 0 Å². The third-order valence-corrected chi connectivity index (χ3v) is 9.94. The van der Waals surface area contributed by atoms with E-state index >= 15 is 0 Å². The van der Waals surface area contributed by atoms with E-state index in [1.807, 2.05) is 20.4 Å². The first-order valence-corrected chi connectivity index (χ1v) is 12.3. The van der Waals surface area contributed by atoms with Crippen LogP contribution in [0.2, 0.25) is 5.32 Å². The summed E-state index contributed by atoms with van der Waals surface area (Å²) >= 11 is 0. The van der Waals surface area contributed by atoms with Crippen molar-refractivity contribution in [2.75, 3.05) is 0 Å². The van der Waals surface area contributed by atoms with Crippen LogP contribution in [0.5, 0.6) is 0 Å². The molecule has 0 saturated heterocycles. The molecule has 0 atom stereocenters. The fourth-order valence-electron chi connectivity index (χ4n) is 3.01. The van der Waals surface area contributed by atoms with E-state index in [1.54, 1.807) is 12.2 Å². The molecule has 1 aliphatic rings. The number of allylic oxidation sites excluding steroid dienone is 4. The van der Waals surface area contributed by atoms with Crippen molar-refractivity contribution in [1.82, 2.24) is 0 Å². The van der Waals surface area contributed by atoms with Gasteiger partial charge in [-0.1, -0.05) is 0 Å². The molecule has 0 aromatic heterocycles. The summed E-state index contributed by atoms with van der Waals surface area (Å²) in [4.78, 5) is 40.5. The molecule has 0 heterocycles. The van der Waals surface area contributed by atoms with Gasteiger partial charge in [0.1, 0.15) is 0 Å². The molecule has 0 aromatic rings. The summed E-state index contributed by atoms with van der Waals surface area (Å²) < 4.78 is 0.604. The first kappa shape index (κ1) is 20.8. The molecule has 1 rings (SSSR count). The minimum absolute atomic E-state index is 0.280. The topological polar surface area (TPSA) is 51.2 Å². The molecule has 0 saturated carbocycles. The Labute approximate surface area is 145 Å². The zero-order valence-electron chi connectivity index (χ0n) is 14.8. The van der Waals surface area contributed by atoms with Crippen molar-refractivity contribution in [2.45, 2.75) is 82.9 Å². The van der Waals surface area contributed by atoms with E-state index in [9.17, 15) is 14.4 Å². The molecule has 0 unspecified atom stereocenters. The van der Waals surface area contributed by atoms with Crippen LogP contribution in [0, 0.1) is 0 Å². The predicted octanol–water partition coefficient (Wildman–Crippen LogP) is 5.06. The first-order valence-electron chi connectivity index (χ1n) is 9.06. The zero-order valence-corrected chi connectivity index (χ0v) is 16.0. The van der Waals surface area contributed by atoms with E-state index in [1.165, 1.54) is 44.9 Å². The average Bonchev–Trinajstić information content (AvgIpc) is 3.17. The molecule has 0 aliphatic heterocycles. The van der Waals surface area contributed by atoms with Crippen LogP contribution in [-0.2, 0) is 24.9 Å². The predicted molar refractivity (Wildman–Crippen MR) is 95.6 cm³/mol. The van der Waals surface area contributed by atoms with Gasteiger partial charge in [-0.2, -0.15) is 0 Å². The Kier molecular flexibility index (Phi) is 9.16. The molecule has 0 bridgehead atoms. The van der Waals surface area contributed by atoms with Crippen molar-refractivity contribution < 1.29 is 24.9 Å². The number of rotatable bonds is 12. The average molecular weight is 373 g/mol. The molecular formula is C20H30MnO3. The third kappa shape index (κ3) is 5.12. The standard InChI is InChI=1S/C12H25.C5H5.3CO.Mn/c1-3-5-7-9-11-12-10-8-6-4-2;1-2-4-5-3-1;3*1-2;/h1,3-12H2,2H3;1-3H,4H2;;;;. The Morgan fingerprint density at radius 3 is 1.75 bits per heavy atom. The van der Waals surface area contributed by atoms with Gasteiger partial charge in [-0.25, -0.2) is 0 Å². The van der Waals surface area contributed by atoms with Crippen molar-refractivity contribution >= 4 is 14.4 Å². The summed E-state index contributed by atoms with van der Waals surface area (Å²) in [7, 11) is -4.33. The van der Waals surface area contributed by atoms with Crippen LogP contribution in [0.25, 0.3) is 0 Å². The molecule has 135 valence electrons. The van der Waals surface area contributed by atoms with Crippen LogP contribution in [-0.4, -0.2) is 14.4 Å². The molecule has 3 nitrogen and oxygen atoms in total. The molecule has 4 heteroatoms. The number of unbranched alkanes of at least 4 members (excludes halogenated alkanes) is 9. The second-order valence-electron chi connectivity index (χ2n) is 6.45. The van der Waals surface area contributed by atoms with E-state index in [4.69, 9.17) is 0 Å². The van der Waals surface area contributed by atoms with E-state index in [0.29, 0.717) is 17.3 Å². The molecular weight excluding hydrogens is 343 g/mol. The molecule has 0 N–H and O–H groups in total. The maximum absolute atomic E-state index is 11.6. The van der Waals surface area contributed by atoms with Crippen molar-refractivity contribution in [3.05, 3.63) is 22.7 Å². The summed E-state index contributed by atoms with van der Waals surface area (Å²) in [5.74, 6) is 0. The Balaban J connectivity index is 2.46. The Bertz CT molecular complexity index is 710. The van der Waals surface area contributed by atoms with Crippen LogP contribution in [0.4, 0.5) is 0 Å². The second-order valence-corrected chi connectivity index (χ2v) is 12.0. The molecule has 24 heavy (non-hydrogen) atoms. The third-order valence-electron chi connectivity index (χ3n) is 4.64. The quantitative estimate of drug-likeness (QED) is 0.355. The first-order chi connectivity index (χ1) is 11.7. The maximum atomic E-state index is 11.6. The molecule has 0 amide bonds. The molecule has 0 spiro atoms. The van der Waals surface area contributed by atoms with E-state index in [0.717, 1.165) is 12.8 Å². The fourth-order valence-corrected chi connectivity index (χ4v) is 6.71. The van der Waals surface area contributed by atoms with Gasteiger partial charge in [0.2, 0.25) is 0 Å². The van der Waals surface area contributed by atoms with Gasteiger partial charge in [-0.15, -0.1) is 0 Å². The van der Waals surface area contributed by atoms with E-state index in [-0.39, 0.29) is 5.32 Å². The minimum atomic E-state index is -4.33. The van der Waals surface area contributed by atoms with Gasteiger partial charge in [-0.3, -0.25) is 0 Å². The van der Waals surface area contributed by atoms with Gasteiger partial charge >= 0.3 is 145 Å². The van der Waals surface area contributed by atoms with Crippen LogP contribution in [0.15, 0.2) is 22.7 Å². The molecule has 0 aromatic carbocycles. The zero-order chi connectivity index (χ0) is 17.8.